The number of allylic oxidation sites excluding steroid dienone is 2. The zero-order valence-electron chi connectivity index (χ0n) is 11.1. The Kier molecular flexibility index (Phi) is 2.29. The minimum atomic E-state index is -0.889. The summed E-state index contributed by atoms with van der Waals surface area (Å²) < 4.78 is 0. The highest BCUT2D eigenvalue weighted by Crippen LogP contribution is 2.44. The molecule has 0 radical (unpaired) electrons. The molecule has 1 saturated carbocycles. The average Bonchev–Trinajstić information content (AvgIpc) is 3.15. The molecule has 106 valence electrons. The third-order valence-electron chi connectivity index (χ3n) is 5.19. The second-order valence-electron chi connectivity index (χ2n) is 6.39. The van der Waals surface area contributed by atoms with Crippen LogP contribution in [0.4, 0.5) is 4.79 Å². The van der Waals surface area contributed by atoms with Crippen molar-refractivity contribution in [3.63, 3.8) is 0 Å². The van der Waals surface area contributed by atoms with Gasteiger partial charge in [0.15, 0.2) is 0 Å². The molecular weight excluding hydrogens is 258 g/mol. The number of amides is 4. The summed E-state index contributed by atoms with van der Waals surface area (Å²) in [5.74, 6) is 0.842. The van der Waals surface area contributed by atoms with Gasteiger partial charge in [-0.2, -0.15) is 0 Å². The van der Waals surface area contributed by atoms with Crippen LogP contribution in [0.2, 0.25) is 0 Å². The number of nitrogens with zero attached hydrogens (tertiary/aromatic N) is 1. The Labute approximate surface area is 116 Å². The highest BCUT2D eigenvalue weighted by atomic mass is 16.2. The van der Waals surface area contributed by atoms with E-state index in [0.717, 1.165) is 12.8 Å². The first-order valence-electron chi connectivity index (χ1n) is 7.18. The van der Waals surface area contributed by atoms with Gasteiger partial charge in [-0.25, -0.2) is 4.79 Å². The molecule has 4 amide bonds. The molecule has 0 aromatic heterocycles. The van der Waals surface area contributed by atoms with E-state index >= 15 is 0 Å². The lowest BCUT2D eigenvalue weighted by molar-refractivity contribution is -0.135. The lowest BCUT2D eigenvalue weighted by atomic mass is 9.92. The summed E-state index contributed by atoms with van der Waals surface area (Å²) >= 11 is 0. The van der Waals surface area contributed by atoms with Crippen molar-refractivity contribution in [2.24, 2.45) is 17.8 Å². The number of imide groups is 1. The van der Waals surface area contributed by atoms with Gasteiger partial charge in [-0.1, -0.05) is 12.2 Å². The number of hydrogen-bond donors (Lipinski definition) is 2. The molecule has 0 aromatic carbocycles. The number of likely N-dealkylation sites (tertiary alicyclic amines) is 1. The van der Waals surface area contributed by atoms with Crippen LogP contribution in [0.15, 0.2) is 12.2 Å². The van der Waals surface area contributed by atoms with Crippen LogP contribution in [0.3, 0.4) is 0 Å². The van der Waals surface area contributed by atoms with Crippen LogP contribution in [0, 0.1) is 17.8 Å². The van der Waals surface area contributed by atoms with Crippen LogP contribution in [0.1, 0.15) is 19.3 Å². The van der Waals surface area contributed by atoms with Crippen LogP contribution in [-0.4, -0.2) is 41.4 Å². The summed E-state index contributed by atoms with van der Waals surface area (Å²) in [7, 11) is 0. The van der Waals surface area contributed by atoms with E-state index in [-0.39, 0.29) is 17.7 Å². The summed E-state index contributed by atoms with van der Waals surface area (Å²) in [5, 5.41) is 4.95. The van der Waals surface area contributed by atoms with Gasteiger partial charge in [-0.15, -0.1) is 0 Å². The normalized spacial score (nSPS) is 41.6. The van der Waals surface area contributed by atoms with Crippen molar-refractivity contribution in [3.8, 4) is 0 Å². The molecule has 2 aliphatic carbocycles. The molecule has 4 unspecified atom stereocenters. The minimum Gasteiger partial charge on any atom is -0.339 e. The largest absolute Gasteiger partial charge is 0.339 e. The summed E-state index contributed by atoms with van der Waals surface area (Å²) in [5.41, 5.74) is -0.889. The first kappa shape index (κ1) is 11.9. The Morgan fingerprint density at radius 1 is 1.30 bits per heavy atom. The maximum Gasteiger partial charge on any atom is 0.322 e. The minimum absolute atomic E-state index is 0.0697. The second-order valence-corrected chi connectivity index (χ2v) is 6.39. The fourth-order valence-corrected chi connectivity index (χ4v) is 4.11. The number of carbonyl (C=O) groups is 3. The molecule has 6 heteroatoms. The molecule has 4 rings (SSSR count). The van der Waals surface area contributed by atoms with Gasteiger partial charge in [0.25, 0.3) is 5.91 Å². The lowest BCUT2D eigenvalue weighted by Gasteiger charge is -2.26. The summed E-state index contributed by atoms with van der Waals surface area (Å²) in [6.07, 6.45) is 6.90. The predicted molar refractivity (Wildman–Crippen MR) is 69.4 cm³/mol. The number of rotatable bonds is 1. The first-order valence-corrected chi connectivity index (χ1v) is 7.18. The average molecular weight is 275 g/mol. The van der Waals surface area contributed by atoms with Gasteiger partial charge in [-0.05, 0) is 31.1 Å². The molecular formula is C14H17N3O3. The van der Waals surface area contributed by atoms with Crippen LogP contribution < -0.4 is 10.6 Å². The van der Waals surface area contributed by atoms with Gasteiger partial charge in [0.2, 0.25) is 5.91 Å². The van der Waals surface area contributed by atoms with Gasteiger partial charge in [-0.3, -0.25) is 14.9 Å². The van der Waals surface area contributed by atoms with Crippen molar-refractivity contribution in [1.82, 2.24) is 15.5 Å². The Bertz CT molecular complexity index is 544. The second kappa shape index (κ2) is 3.84. The molecule has 6 nitrogen and oxygen atoms in total. The fourth-order valence-electron chi connectivity index (χ4n) is 4.11. The Morgan fingerprint density at radius 2 is 2.15 bits per heavy atom. The molecule has 3 fully saturated rings. The Balaban J connectivity index is 1.49. The zero-order valence-corrected chi connectivity index (χ0v) is 11.1. The van der Waals surface area contributed by atoms with E-state index < -0.39 is 11.6 Å². The molecule has 2 N–H and O–H groups in total. The van der Waals surface area contributed by atoms with Crippen LogP contribution in [0.5, 0.6) is 0 Å². The monoisotopic (exact) mass is 275 g/mol. The van der Waals surface area contributed by atoms with Crippen molar-refractivity contribution in [1.29, 1.82) is 0 Å². The van der Waals surface area contributed by atoms with Crippen molar-refractivity contribution >= 4 is 17.8 Å². The summed E-state index contributed by atoms with van der Waals surface area (Å²) in [6.45, 7) is 0.852. The van der Waals surface area contributed by atoms with Crippen molar-refractivity contribution in [2.45, 2.75) is 24.8 Å². The topological polar surface area (TPSA) is 78.5 Å². The third kappa shape index (κ3) is 1.53. The predicted octanol–water partition coefficient (Wildman–Crippen LogP) is 0.00910. The third-order valence-corrected chi connectivity index (χ3v) is 5.19. The molecule has 4 atom stereocenters. The molecule has 2 aliphatic heterocycles. The highest BCUT2D eigenvalue weighted by Gasteiger charge is 2.53. The van der Waals surface area contributed by atoms with E-state index in [1.807, 2.05) is 0 Å². The van der Waals surface area contributed by atoms with Crippen molar-refractivity contribution in [2.75, 3.05) is 13.1 Å². The Morgan fingerprint density at radius 3 is 2.75 bits per heavy atom. The number of urea groups is 1. The van der Waals surface area contributed by atoms with Crippen LogP contribution >= 0.6 is 0 Å². The summed E-state index contributed by atoms with van der Waals surface area (Å²) in [4.78, 5) is 37.5. The molecule has 2 bridgehead atoms. The maximum absolute atomic E-state index is 12.6. The smallest absolute Gasteiger partial charge is 0.322 e. The highest BCUT2D eigenvalue weighted by molar-refractivity contribution is 6.07. The van der Waals surface area contributed by atoms with E-state index in [0.29, 0.717) is 31.3 Å². The lowest BCUT2D eigenvalue weighted by Crippen LogP contribution is -2.50. The summed E-state index contributed by atoms with van der Waals surface area (Å²) in [6, 6.07) is -0.452. The Hall–Kier alpha value is -1.85. The van der Waals surface area contributed by atoms with Gasteiger partial charge in [0.05, 0.1) is 6.54 Å². The molecule has 4 aliphatic rings. The number of carbonyl (C=O) groups excluding carboxylic acids is 3. The van der Waals surface area contributed by atoms with Gasteiger partial charge in [0, 0.05) is 12.5 Å². The maximum atomic E-state index is 12.6. The molecule has 20 heavy (non-hydrogen) atoms. The number of hydrogen-bond acceptors (Lipinski definition) is 3. The van der Waals surface area contributed by atoms with Gasteiger partial charge in [0.1, 0.15) is 5.54 Å². The van der Waals surface area contributed by atoms with Crippen LogP contribution in [-0.2, 0) is 9.59 Å². The van der Waals surface area contributed by atoms with Crippen molar-refractivity contribution < 1.29 is 14.4 Å². The van der Waals surface area contributed by atoms with E-state index in [2.05, 4.69) is 22.8 Å². The van der Waals surface area contributed by atoms with Gasteiger partial charge >= 0.3 is 6.03 Å². The van der Waals surface area contributed by atoms with Crippen molar-refractivity contribution in [3.05, 3.63) is 12.2 Å². The molecule has 2 saturated heterocycles. The van der Waals surface area contributed by atoms with E-state index in [1.54, 1.807) is 4.90 Å². The fraction of sp³-hybridized carbons (Fsp3) is 0.643. The molecule has 1 spiro atoms. The van der Waals surface area contributed by atoms with E-state index in [4.69, 9.17) is 0 Å². The van der Waals surface area contributed by atoms with E-state index in [1.165, 1.54) is 0 Å². The van der Waals surface area contributed by atoms with E-state index in [9.17, 15) is 14.4 Å². The molecule has 2 heterocycles. The quantitative estimate of drug-likeness (QED) is 0.522. The number of fused-ring (bicyclic) bond motifs is 2. The number of nitrogens with one attached hydrogen (secondary N) is 2. The first-order chi connectivity index (χ1) is 9.57. The van der Waals surface area contributed by atoms with Crippen LogP contribution in [0.25, 0.3) is 0 Å². The SMILES string of the molecule is O=C1NC(=O)C2(CCN(C(=O)C3CC4C=CC3C4)C2)N1. The molecule has 0 aromatic rings. The standard InChI is InChI=1S/C14H17N3O3/c18-11(10-6-8-1-2-9(10)5-8)17-4-3-14(7-17)12(19)15-13(20)16-14/h1-2,8-10H,3-7H2,(H2,15,16,19,20). The zero-order chi connectivity index (χ0) is 13.9. The van der Waals surface area contributed by atoms with Gasteiger partial charge < -0.3 is 10.2 Å².